The van der Waals surface area contributed by atoms with Crippen LogP contribution in [0.2, 0.25) is 0 Å². The molecule has 0 spiro atoms. The average molecular weight is 347 g/mol. The first-order valence-corrected chi connectivity index (χ1v) is 6.19. The van der Waals surface area contributed by atoms with Crippen LogP contribution >= 0.6 is 31.9 Å². The van der Waals surface area contributed by atoms with Gasteiger partial charge in [-0.25, -0.2) is 9.36 Å². The van der Waals surface area contributed by atoms with Gasteiger partial charge in [0.05, 0.1) is 12.6 Å². The number of ether oxygens (including phenoxy) is 1. The van der Waals surface area contributed by atoms with Crippen molar-refractivity contribution in [2.45, 2.75) is 6.92 Å². The highest BCUT2D eigenvalue weighted by Gasteiger charge is 2.17. The predicted molar refractivity (Wildman–Crippen MR) is 69.9 cm³/mol. The molecule has 16 heavy (non-hydrogen) atoms. The Morgan fingerprint density at radius 1 is 1.38 bits per heavy atom. The number of halogens is 2. The van der Waals surface area contributed by atoms with Crippen molar-refractivity contribution in [3.63, 3.8) is 0 Å². The van der Waals surface area contributed by atoms with E-state index in [1.807, 2.05) is 25.1 Å². The van der Waals surface area contributed by atoms with E-state index in [9.17, 15) is 4.79 Å². The number of nitrogens with zero attached hydrogens (tertiary/aromatic N) is 1. The lowest BCUT2D eigenvalue weighted by Gasteiger charge is -2.04. The summed E-state index contributed by atoms with van der Waals surface area (Å²) >= 11 is 6.89. The average Bonchev–Trinajstić information content (AvgIpc) is 2.52. The van der Waals surface area contributed by atoms with Gasteiger partial charge in [-0.1, -0.05) is 15.9 Å². The molecular weight excluding hydrogens is 338 g/mol. The second-order valence-corrected chi connectivity index (χ2v) is 5.07. The number of aromatic nitrogens is 1. The fourth-order valence-electron chi connectivity index (χ4n) is 1.68. The van der Waals surface area contributed by atoms with Gasteiger partial charge in [0.1, 0.15) is 0 Å². The molecule has 2 aromatic rings. The molecule has 0 radical (unpaired) electrons. The minimum absolute atomic E-state index is 0.379. The fraction of sp³-hybridized carbons (Fsp3) is 0.182. The fourth-order valence-corrected chi connectivity index (χ4v) is 2.54. The largest absolute Gasteiger partial charge is 0.452 e. The van der Waals surface area contributed by atoms with Crippen LogP contribution in [0, 0.1) is 6.92 Å². The number of carbonyl (C=O) groups is 1. The van der Waals surface area contributed by atoms with E-state index in [0.717, 1.165) is 25.5 Å². The van der Waals surface area contributed by atoms with Crippen molar-refractivity contribution < 1.29 is 9.53 Å². The van der Waals surface area contributed by atoms with Crippen molar-refractivity contribution in [3.05, 3.63) is 32.8 Å². The Hall–Kier alpha value is -0.810. The van der Waals surface area contributed by atoms with E-state index in [0.29, 0.717) is 0 Å². The van der Waals surface area contributed by atoms with E-state index in [1.165, 1.54) is 7.11 Å². The molecular formula is C11H9Br2NO2. The predicted octanol–water partition coefficient (Wildman–Crippen LogP) is 4.09. The summed E-state index contributed by atoms with van der Waals surface area (Å²) in [5, 5.41) is 0.984. The molecule has 0 atom stereocenters. The third-order valence-electron chi connectivity index (χ3n) is 2.45. The molecule has 0 aliphatic carbocycles. The molecule has 0 aliphatic heterocycles. The molecule has 1 aromatic carbocycles. The monoisotopic (exact) mass is 345 g/mol. The quantitative estimate of drug-likeness (QED) is 0.719. The van der Waals surface area contributed by atoms with Gasteiger partial charge < -0.3 is 4.74 Å². The van der Waals surface area contributed by atoms with Gasteiger partial charge in [0, 0.05) is 20.0 Å². The highest BCUT2D eigenvalue weighted by Crippen LogP contribution is 2.32. The van der Waals surface area contributed by atoms with Crippen molar-refractivity contribution >= 4 is 48.9 Å². The third kappa shape index (κ3) is 1.68. The molecule has 1 heterocycles. The molecule has 0 bridgehead atoms. The van der Waals surface area contributed by atoms with Gasteiger partial charge in [-0.3, -0.25) is 0 Å². The standard InChI is InChI=1S/C11H9Br2NO2/c1-6-10(13)8-5-7(12)3-4-9(8)14(6)11(15)16-2/h3-5H,1-2H3. The lowest BCUT2D eigenvalue weighted by molar-refractivity contribution is 0.173. The first-order chi connectivity index (χ1) is 7.56. The van der Waals surface area contributed by atoms with Crippen molar-refractivity contribution in [2.24, 2.45) is 0 Å². The molecule has 0 saturated heterocycles. The van der Waals surface area contributed by atoms with Gasteiger partial charge in [0.15, 0.2) is 0 Å². The third-order valence-corrected chi connectivity index (χ3v) is 3.94. The number of hydrogen-bond donors (Lipinski definition) is 0. The highest BCUT2D eigenvalue weighted by atomic mass is 79.9. The summed E-state index contributed by atoms with van der Waals surface area (Å²) in [6.45, 7) is 1.87. The summed E-state index contributed by atoms with van der Waals surface area (Å²) in [5.74, 6) is 0. The zero-order valence-corrected chi connectivity index (χ0v) is 11.9. The van der Waals surface area contributed by atoms with Crippen molar-refractivity contribution in [1.82, 2.24) is 4.57 Å². The number of methoxy groups -OCH3 is 1. The van der Waals surface area contributed by atoms with Crippen LogP contribution in [-0.2, 0) is 4.74 Å². The minimum atomic E-state index is -0.379. The SMILES string of the molecule is COC(=O)n1c(C)c(Br)c2cc(Br)ccc21. The van der Waals surface area contributed by atoms with E-state index < -0.39 is 0 Å². The summed E-state index contributed by atoms with van der Waals surface area (Å²) in [5.41, 5.74) is 1.67. The van der Waals surface area contributed by atoms with Gasteiger partial charge in [-0.15, -0.1) is 0 Å². The van der Waals surface area contributed by atoms with Crippen LogP contribution in [0.1, 0.15) is 5.69 Å². The molecule has 2 rings (SSSR count). The van der Waals surface area contributed by atoms with E-state index >= 15 is 0 Å². The molecule has 1 aromatic heterocycles. The second-order valence-electron chi connectivity index (χ2n) is 3.37. The summed E-state index contributed by atoms with van der Waals surface area (Å²) in [6.07, 6.45) is -0.379. The van der Waals surface area contributed by atoms with Crippen LogP contribution in [0.15, 0.2) is 27.1 Å². The number of benzene rings is 1. The van der Waals surface area contributed by atoms with Crippen molar-refractivity contribution in [2.75, 3.05) is 7.11 Å². The number of carbonyl (C=O) groups excluding carboxylic acids is 1. The number of hydrogen-bond acceptors (Lipinski definition) is 2. The van der Waals surface area contributed by atoms with Gasteiger partial charge in [-0.05, 0) is 41.1 Å². The van der Waals surface area contributed by atoms with Crippen LogP contribution in [0.5, 0.6) is 0 Å². The van der Waals surface area contributed by atoms with Gasteiger partial charge in [0.25, 0.3) is 0 Å². The lowest BCUT2D eigenvalue weighted by Crippen LogP contribution is -2.12. The Bertz CT molecular complexity index is 575. The molecule has 5 heteroatoms. The van der Waals surface area contributed by atoms with Gasteiger partial charge in [-0.2, -0.15) is 0 Å². The molecule has 84 valence electrons. The molecule has 0 amide bonds. The maximum Gasteiger partial charge on any atom is 0.418 e. The Morgan fingerprint density at radius 3 is 2.69 bits per heavy atom. The Kier molecular flexibility index (Phi) is 3.08. The summed E-state index contributed by atoms with van der Waals surface area (Å²) in [7, 11) is 1.38. The molecule has 0 fully saturated rings. The maximum atomic E-state index is 11.7. The first-order valence-electron chi connectivity index (χ1n) is 4.60. The van der Waals surface area contributed by atoms with Crippen LogP contribution in [0.3, 0.4) is 0 Å². The van der Waals surface area contributed by atoms with Crippen LogP contribution in [0.4, 0.5) is 4.79 Å². The van der Waals surface area contributed by atoms with E-state index in [4.69, 9.17) is 4.74 Å². The van der Waals surface area contributed by atoms with Crippen LogP contribution < -0.4 is 0 Å². The molecule has 3 nitrogen and oxygen atoms in total. The topological polar surface area (TPSA) is 31.2 Å². The Labute approximate surface area is 110 Å². The van der Waals surface area contributed by atoms with Crippen LogP contribution in [0.25, 0.3) is 10.9 Å². The molecule has 0 unspecified atom stereocenters. The molecule has 0 N–H and O–H groups in total. The first kappa shape index (κ1) is 11.7. The van der Waals surface area contributed by atoms with Gasteiger partial charge >= 0.3 is 6.09 Å². The van der Waals surface area contributed by atoms with E-state index in [-0.39, 0.29) is 6.09 Å². The Morgan fingerprint density at radius 2 is 2.06 bits per heavy atom. The highest BCUT2D eigenvalue weighted by molar-refractivity contribution is 9.11. The molecule has 0 saturated carbocycles. The Balaban J connectivity index is 2.84. The maximum absolute atomic E-state index is 11.7. The van der Waals surface area contributed by atoms with Crippen LogP contribution in [-0.4, -0.2) is 17.8 Å². The lowest BCUT2D eigenvalue weighted by atomic mass is 10.2. The summed E-state index contributed by atoms with van der Waals surface area (Å²) in [6, 6.07) is 5.74. The van der Waals surface area contributed by atoms with E-state index in [1.54, 1.807) is 4.57 Å². The van der Waals surface area contributed by atoms with Crippen molar-refractivity contribution in [1.29, 1.82) is 0 Å². The van der Waals surface area contributed by atoms with E-state index in [2.05, 4.69) is 31.9 Å². The number of fused-ring (bicyclic) bond motifs is 1. The summed E-state index contributed by atoms with van der Waals surface area (Å²) < 4.78 is 8.19. The van der Waals surface area contributed by atoms with Gasteiger partial charge in [0.2, 0.25) is 0 Å². The second kappa shape index (κ2) is 4.22. The minimum Gasteiger partial charge on any atom is -0.452 e. The molecule has 0 aliphatic rings. The zero-order chi connectivity index (χ0) is 11.9. The number of rotatable bonds is 0. The smallest absolute Gasteiger partial charge is 0.418 e. The zero-order valence-electron chi connectivity index (χ0n) is 8.75. The van der Waals surface area contributed by atoms with Crippen molar-refractivity contribution in [3.8, 4) is 0 Å². The normalized spacial score (nSPS) is 10.8. The summed E-state index contributed by atoms with van der Waals surface area (Å²) in [4.78, 5) is 11.7.